The fourth-order valence-corrected chi connectivity index (χ4v) is 2.77. The van der Waals surface area contributed by atoms with Gasteiger partial charge in [0, 0.05) is 31.4 Å². The first kappa shape index (κ1) is 14.1. The number of hydrogen-bond acceptors (Lipinski definition) is 2. The molecule has 0 saturated carbocycles. The van der Waals surface area contributed by atoms with Crippen LogP contribution in [0, 0.1) is 0 Å². The topological polar surface area (TPSA) is 28.5 Å². The molecular formula is C15H25N3O. The molecule has 2 rings (SSSR count). The summed E-state index contributed by atoms with van der Waals surface area (Å²) in [6.07, 6.45) is 4.86. The minimum Gasteiger partial charge on any atom is -0.348 e. The predicted octanol–water partition coefficient (Wildman–Crippen LogP) is 2.12. The van der Waals surface area contributed by atoms with Gasteiger partial charge >= 0.3 is 0 Å². The van der Waals surface area contributed by atoms with Gasteiger partial charge in [-0.1, -0.05) is 0 Å². The molecule has 2 heterocycles. The lowest BCUT2D eigenvalue weighted by atomic mass is 10.1. The van der Waals surface area contributed by atoms with E-state index in [4.69, 9.17) is 0 Å². The first-order valence-corrected chi connectivity index (χ1v) is 7.19. The van der Waals surface area contributed by atoms with Crippen LogP contribution in [0.1, 0.15) is 37.9 Å². The molecule has 0 N–H and O–H groups in total. The maximum atomic E-state index is 12.3. The van der Waals surface area contributed by atoms with Gasteiger partial charge in [0.25, 0.3) is 0 Å². The van der Waals surface area contributed by atoms with Crippen molar-refractivity contribution in [3.8, 4) is 0 Å². The Morgan fingerprint density at radius 3 is 2.89 bits per heavy atom. The van der Waals surface area contributed by atoms with Gasteiger partial charge in [0.2, 0.25) is 5.91 Å². The van der Waals surface area contributed by atoms with E-state index in [-0.39, 0.29) is 6.04 Å². The fraction of sp³-hybridized carbons (Fsp3) is 0.667. The van der Waals surface area contributed by atoms with Crippen LogP contribution in [0.5, 0.6) is 0 Å². The van der Waals surface area contributed by atoms with Crippen LogP contribution in [-0.4, -0.2) is 47.5 Å². The van der Waals surface area contributed by atoms with E-state index < -0.39 is 0 Å². The van der Waals surface area contributed by atoms with Crippen LogP contribution in [0.2, 0.25) is 0 Å². The van der Waals surface area contributed by atoms with Crippen LogP contribution < -0.4 is 0 Å². The highest BCUT2D eigenvalue weighted by Gasteiger charge is 2.26. The maximum Gasteiger partial charge on any atom is 0.223 e. The molecule has 106 valence electrons. The Balaban J connectivity index is 1.84. The van der Waals surface area contributed by atoms with Crippen LogP contribution in [0.25, 0.3) is 0 Å². The second-order valence-corrected chi connectivity index (χ2v) is 5.65. The summed E-state index contributed by atoms with van der Waals surface area (Å²) in [5.74, 6) is 0.304. The Morgan fingerprint density at radius 1 is 1.37 bits per heavy atom. The first-order chi connectivity index (χ1) is 9.09. The smallest absolute Gasteiger partial charge is 0.223 e. The summed E-state index contributed by atoms with van der Waals surface area (Å²) in [6, 6.07) is 4.40. The zero-order valence-corrected chi connectivity index (χ0v) is 12.3. The summed E-state index contributed by atoms with van der Waals surface area (Å²) in [5, 5.41) is 0. The van der Waals surface area contributed by atoms with Crippen molar-refractivity contribution < 1.29 is 4.79 Å². The molecule has 0 saturated heterocycles. The van der Waals surface area contributed by atoms with Crippen molar-refractivity contribution in [3.05, 3.63) is 24.0 Å². The Bertz CT molecular complexity index is 425. The molecule has 0 spiro atoms. The Hall–Kier alpha value is -1.29. The third-order valence-electron chi connectivity index (χ3n) is 3.91. The largest absolute Gasteiger partial charge is 0.348 e. The van der Waals surface area contributed by atoms with Gasteiger partial charge in [-0.25, -0.2) is 0 Å². The van der Waals surface area contributed by atoms with E-state index in [9.17, 15) is 4.79 Å². The van der Waals surface area contributed by atoms with E-state index in [1.807, 2.05) is 4.90 Å². The molecule has 1 amide bonds. The van der Waals surface area contributed by atoms with Crippen molar-refractivity contribution in [1.82, 2.24) is 14.4 Å². The van der Waals surface area contributed by atoms with Crippen molar-refractivity contribution in [1.29, 1.82) is 0 Å². The van der Waals surface area contributed by atoms with Gasteiger partial charge in [0.05, 0.1) is 6.04 Å². The third-order valence-corrected chi connectivity index (χ3v) is 3.91. The number of amides is 1. The quantitative estimate of drug-likeness (QED) is 0.761. The molecule has 0 aromatic carbocycles. The molecule has 0 fully saturated rings. The normalized spacial score (nSPS) is 18.7. The summed E-state index contributed by atoms with van der Waals surface area (Å²) in [7, 11) is 4.14. The lowest BCUT2D eigenvalue weighted by Gasteiger charge is -2.35. The van der Waals surface area contributed by atoms with Crippen LogP contribution in [0.15, 0.2) is 18.3 Å². The molecule has 1 aliphatic rings. The van der Waals surface area contributed by atoms with Crippen LogP contribution >= 0.6 is 0 Å². The van der Waals surface area contributed by atoms with E-state index >= 15 is 0 Å². The van der Waals surface area contributed by atoms with Crippen molar-refractivity contribution in [2.45, 2.75) is 38.8 Å². The monoisotopic (exact) mass is 263 g/mol. The molecule has 4 nitrogen and oxygen atoms in total. The van der Waals surface area contributed by atoms with Crippen LogP contribution in [-0.2, 0) is 11.3 Å². The van der Waals surface area contributed by atoms with Crippen LogP contribution in [0.4, 0.5) is 0 Å². The number of hydrogen-bond donors (Lipinski definition) is 0. The van der Waals surface area contributed by atoms with Gasteiger partial charge in [-0.15, -0.1) is 0 Å². The van der Waals surface area contributed by atoms with Gasteiger partial charge in [0.15, 0.2) is 0 Å². The molecular weight excluding hydrogens is 238 g/mol. The van der Waals surface area contributed by atoms with Crippen molar-refractivity contribution in [3.63, 3.8) is 0 Å². The van der Waals surface area contributed by atoms with Gasteiger partial charge < -0.3 is 14.4 Å². The predicted molar refractivity (Wildman–Crippen MR) is 77.0 cm³/mol. The first-order valence-electron chi connectivity index (χ1n) is 7.19. The van der Waals surface area contributed by atoms with Gasteiger partial charge in [-0.05, 0) is 52.5 Å². The van der Waals surface area contributed by atoms with E-state index in [0.717, 1.165) is 32.5 Å². The SMILES string of the molecule is CC1c2cccn2CCN1C(=O)CCCCN(C)C. The van der Waals surface area contributed by atoms with Crippen molar-refractivity contribution in [2.75, 3.05) is 27.2 Å². The molecule has 19 heavy (non-hydrogen) atoms. The van der Waals surface area contributed by atoms with E-state index in [1.165, 1.54) is 5.69 Å². The highest BCUT2D eigenvalue weighted by Crippen LogP contribution is 2.26. The van der Waals surface area contributed by atoms with Gasteiger partial charge in [-0.3, -0.25) is 4.79 Å². The Morgan fingerprint density at radius 2 is 2.16 bits per heavy atom. The highest BCUT2D eigenvalue weighted by atomic mass is 16.2. The molecule has 1 aromatic heterocycles. The number of nitrogens with zero attached hydrogens (tertiary/aromatic N) is 3. The fourth-order valence-electron chi connectivity index (χ4n) is 2.77. The van der Waals surface area contributed by atoms with E-state index in [2.05, 4.69) is 48.8 Å². The number of fused-ring (bicyclic) bond motifs is 1. The van der Waals surface area contributed by atoms with E-state index in [1.54, 1.807) is 0 Å². The molecule has 1 unspecified atom stereocenters. The number of aromatic nitrogens is 1. The minimum absolute atomic E-state index is 0.213. The number of carbonyl (C=O) groups is 1. The molecule has 4 heteroatoms. The summed E-state index contributed by atoms with van der Waals surface area (Å²) in [5.41, 5.74) is 1.26. The number of rotatable bonds is 5. The molecule has 0 bridgehead atoms. The summed E-state index contributed by atoms with van der Waals surface area (Å²) in [6.45, 7) is 4.96. The zero-order valence-electron chi connectivity index (χ0n) is 12.3. The molecule has 1 aromatic rings. The van der Waals surface area contributed by atoms with Crippen molar-refractivity contribution >= 4 is 5.91 Å². The number of unbranched alkanes of at least 4 members (excludes halogenated alkanes) is 1. The number of carbonyl (C=O) groups excluding carboxylic acids is 1. The van der Waals surface area contributed by atoms with Crippen molar-refractivity contribution in [2.24, 2.45) is 0 Å². The average Bonchev–Trinajstić information content (AvgIpc) is 2.83. The van der Waals surface area contributed by atoms with Crippen LogP contribution in [0.3, 0.4) is 0 Å². The summed E-state index contributed by atoms with van der Waals surface area (Å²) >= 11 is 0. The maximum absolute atomic E-state index is 12.3. The van der Waals surface area contributed by atoms with E-state index in [0.29, 0.717) is 12.3 Å². The summed E-state index contributed by atoms with van der Waals surface area (Å²) in [4.78, 5) is 16.5. The lowest BCUT2D eigenvalue weighted by Crippen LogP contribution is -2.40. The molecule has 1 atom stereocenters. The second kappa shape index (κ2) is 6.24. The Kier molecular flexibility index (Phi) is 4.64. The third kappa shape index (κ3) is 3.38. The van der Waals surface area contributed by atoms with Gasteiger partial charge in [0.1, 0.15) is 0 Å². The summed E-state index contributed by atoms with van der Waals surface area (Å²) < 4.78 is 2.25. The lowest BCUT2D eigenvalue weighted by molar-refractivity contribution is -0.134. The minimum atomic E-state index is 0.213. The highest BCUT2D eigenvalue weighted by molar-refractivity contribution is 5.76. The molecule has 1 aliphatic heterocycles. The molecule has 0 radical (unpaired) electrons. The Labute approximate surface area is 116 Å². The standard InChI is InChI=1S/C15H25N3O/c1-13-14-7-6-10-17(14)11-12-18(13)15(19)8-4-5-9-16(2)3/h6-7,10,13H,4-5,8-9,11-12H2,1-3H3. The zero-order chi connectivity index (χ0) is 13.8. The molecule has 0 aliphatic carbocycles. The van der Waals surface area contributed by atoms with Gasteiger partial charge in [-0.2, -0.15) is 0 Å². The average molecular weight is 263 g/mol. The second-order valence-electron chi connectivity index (χ2n) is 5.65.